The number of carbonyl (C=O) groups excluding carboxylic acids is 1. The summed E-state index contributed by atoms with van der Waals surface area (Å²) in [6.07, 6.45) is 2.10. The molecule has 0 saturated carbocycles. The average Bonchev–Trinajstić information content (AvgIpc) is 2.67. The highest BCUT2D eigenvalue weighted by Crippen LogP contribution is 2.30. The van der Waals surface area contributed by atoms with E-state index in [-0.39, 0.29) is 12.1 Å². The summed E-state index contributed by atoms with van der Waals surface area (Å²) in [5.74, 6) is 0. The number of benzene rings is 1. The molecule has 4 nitrogen and oxygen atoms in total. The van der Waals surface area contributed by atoms with E-state index in [1.54, 1.807) is 0 Å². The second kappa shape index (κ2) is 5.87. The van der Waals surface area contributed by atoms with Crippen molar-refractivity contribution in [2.45, 2.75) is 38.3 Å². The number of aliphatic hydroxyl groups is 1. The van der Waals surface area contributed by atoms with Gasteiger partial charge >= 0.3 is 6.03 Å². The van der Waals surface area contributed by atoms with Crippen molar-refractivity contribution in [2.75, 3.05) is 6.54 Å². The molecule has 4 heteroatoms. The Morgan fingerprint density at radius 1 is 1.44 bits per heavy atom. The Hall–Kier alpha value is -1.55. The van der Waals surface area contributed by atoms with Crippen molar-refractivity contribution in [1.29, 1.82) is 0 Å². The normalized spacial score (nSPS) is 21.4. The van der Waals surface area contributed by atoms with Crippen molar-refractivity contribution < 1.29 is 9.90 Å². The zero-order chi connectivity index (χ0) is 13.0. The van der Waals surface area contributed by atoms with Crippen LogP contribution in [-0.2, 0) is 6.42 Å². The first-order valence-electron chi connectivity index (χ1n) is 6.52. The lowest BCUT2D eigenvalue weighted by molar-refractivity contribution is 0.142. The van der Waals surface area contributed by atoms with Gasteiger partial charge in [0.1, 0.15) is 0 Å². The first-order valence-corrected chi connectivity index (χ1v) is 6.52. The Morgan fingerprint density at radius 3 is 3.00 bits per heavy atom. The van der Waals surface area contributed by atoms with E-state index in [1.807, 2.05) is 24.3 Å². The Labute approximate surface area is 107 Å². The summed E-state index contributed by atoms with van der Waals surface area (Å²) in [5.41, 5.74) is 2.14. The highest BCUT2D eigenvalue weighted by Gasteiger charge is 2.31. The third kappa shape index (κ3) is 2.82. The number of unbranched alkanes of at least 4 members (excludes halogenated alkanes) is 1. The summed E-state index contributed by atoms with van der Waals surface area (Å²) in [5, 5.41) is 15.6. The largest absolute Gasteiger partial charge is 0.390 e. The van der Waals surface area contributed by atoms with Crippen LogP contribution in [0.1, 0.15) is 36.9 Å². The zero-order valence-corrected chi connectivity index (χ0v) is 10.6. The van der Waals surface area contributed by atoms with Gasteiger partial charge in [-0.25, -0.2) is 4.79 Å². The summed E-state index contributed by atoms with van der Waals surface area (Å²) in [6, 6.07) is 7.35. The van der Waals surface area contributed by atoms with Gasteiger partial charge in [-0.2, -0.15) is 0 Å². The minimum atomic E-state index is -0.528. The maximum atomic E-state index is 11.7. The number of carbonyl (C=O) groups is 1. The number of nitrogens with one attached hydrogen (secondary N) is 2. The van der Waals surface area contributed by atoms with Gasteiger partial charge in [0.2, 0.25) is 0 Å². The van der Waals surface area contributed by atoms with Crippen LogP contribution in [0.4, 0.5) is 4.79 Å². The van der Waals surface area contributed by atoms with Gasteiger partial charge < -0.3 is 15.7 Å². The third-order valence-corrected chi connectivity index (χ3v) is 3.31. The van der Waals surface area contributed by atoms with Crippen LogP contribution >= 0.6 is 0 Å². The molecule has 0 heterocycles. The number of rotatable bonds is 4. The lowest BCUT2D eigenvalue weighted by Crippen LogP contribution is -2.41. The summed E-state index contributed by atoms with van der Waals surface area (Å²) in [6.45, 7) is 2.75. The molecule has 0 fully saturated rings. The standard InChI is InChI=1S/C14H20N2O2/c1-2-3-8-15-14(18)16-13-11-7-5-4-6-10(11)9-12(13)17/h4-7,12-13,17H,2-3,8-9H2,1H3,(H2,15,16,18). The highest BCUT2D eigenvalue weighted by molar-refractivity contribution is 5.74. The predicted octanol–water partition coefficient (Wildman–Crippen LogP) is 1.74. The number of fused-ring (bicyclic) bond motifs is 1. The van der Waals surface area contributed by atoms with E-state index in [9.17, 15) is 9.90 Å². The van der Waals surface area contributed by atoms with Crippen molar-refractivity contribution in [1.82, 2.24) is 10.6 Å². The Morgan fingerprint density at radius 2 is 2.22 bits per heavy atom. The number of hydrogen-bond donors (Lipinski definition) is 3. The molecule has 3 N–H and O–H groups in total. The minimum Gasteiger partial charge on any atom is -0.390 e. The van der Waals surface area contributed by atoms with Gasteiger partial charge in [-0.15, -0.1) is 0 Å². The van der Waals surface area contributed by atoms with Gasteiger partial charge in [0.15, 0.2) is 0 Å². The lowest BCUT2D eigenvalue weighted by Gasteiger charge is -2.18. The molecule has 0 spiro atoms. The van der Waals surface area contributed by atoms with E-state index in [4.69, 9.17) is 0 Å². The molecule has 1 aromatic rings. The molecule has 1 aliphatic rings. The molecule has 18 heavy (non-hydrogen) atoms. The van der Waals surface area contributed by atoms with Crippen LogP contribution in [0, 0.1) is 0 Å². The predicted molar refractivity (Wildman–Crippen MR) is 70.3 cm³/mol. The van der Waals surface area contributed by atoms with Crippen molar-refractivity contribution in [2.24, 2.45) is 0 Å². The highest BCUT2D eigenvalue weighted by atomic mass is 16.3. The van der Waals surface area contributed by atoms with E-state index < -0.39 is 6.10 Å². The molecule has 0 bridgehead atoms. The zero-order valence-electron chi connectivity index (χ0n) is 10.6. The Balaban J connectivity index is 1.95. The molecule has 2 unspecified atom stereocenters. The molecule has 0 aromatic heterocycles. The number of urea groups is 1. The van der Waals surface area contributed by atoms with Gasteiger partial charge in [-0.3, -0.25) is 0 Å². The van der Waals surface area contributed by atoms with Gasteiger partial charge in [-0.05, 0) is 17.5 Å². The topological polar surface area (TPSA) is 61.4 Å². The van der Waals surface area contributed by atoms with Gasteiger partial charge in [0.25, 0.3) is 0 Å². The molecule has 2 atom stereocenters. The number of aliphatic hydroxyl groups excluding tert-OH is 1. The molecule has 0 aliphatic heterocycles. The smallest absolute Gasteiger partial charge is 0.315 e. The molecule has 0 saturated heterocycles. The first kappa shape index (κ1) is 12.9. The molecule has 1 aliphatic carbocycles. The lowest BCUT2D eigenvalue weighted by atomic mass is 10.1. The molecular formula is C14H20N2O2. The molecule has 98 valence electrons. The average molecular weight is 248 g/mol. The Bertz CT molecular complexity index is 420. The van der Waals surface area contributed by atoms with Crippen LogP contribution in [-0.4, -0.2) is 23.8 Å². The van der Waals surface area contributed by atoms with Crippen molar-refractivity contribution >= 4 is 6.03 Å². The quantitative estimate of drug-likeness (QED) is 0.711. The van der Waals surface area contributed by atoms with Crippen LogP contribution in [0.2, 0.25) is 0 Å². The van der Waals surface area contributed by atoms with Crippen molar-refractivity contribution in [3.05, 3.63) is 35.4 Å². The monoisotopic (exact) mass is 248 g/mol. The summed E-state index contributed by atoms with van der Waals surface area (Å²) in [4.78, 5) is 11.7. The van der Waals surface area contributed by atoms with E-state index >= 15 is 0 Å². The van der Waals surface area contributed by atoms with E-state index in [0.717, 1.165) is 24.0 Å². The fourth-order valence-electron chi connectivity index (χ4n) is 2.32. The van der Waals surface area contributed by atoms with Crippen molar-refractivity contribution in [3.8, 4) is 0 Å². The minimum absolute atomic E-state index is 0.204. The SMILES string of the molecule is CCCCNC(=O)NC1c2ccccc2CC1O. The maximum Gasteiger partial charge on any atom is 0.315 e. The maximum absolute atomic E-state index is 11.7. The van der Waals surface area contributed by atoms with E-state index in [2.05, 4.69) is 17.6 Å². The summed E-state index contributed by atoms with van der Waals surface area (Å²) >= 11 is 0. The van der Waals surface area contributed by atoms with Crippen molar-refractivity contribution in [3.63, 3.8) is 0 Å². The van der Waals surface area contributed by atoms with Gasteiger partial charge in [0.05, 0.1) is 12.1 Å². The van der Waals surface area contributed by atoms with E-state index in [1.165, 1.54) is 0 Å². The fourth-order valence-corrected chi connectivity index (χ4v) is 2.32. The van der Waals surface area contributed by atoms with E-state index in [0.29, 0.717) is 13.0 Å². The van der Waals surface area contributed by atoms with Crippen LogP contribution < -0.4 is 10.6 Å². The Kier molecular flexibility index (Phi) is 4.20. The first-order chi connectivity index (χ1) is 8.72. The van der Waals surface area contributed by atoms with Gasteiger partial charge in [0, 0.05) is 13.0 Å². The molecule has 1 aromatic carbocycles. The van der Waals surface area contributed by atoms with Crippen LogP contribution in [0.3, 0.4) is 0 Å². The molecule has 2 amide bonds. The molecule has 2 rings (SSSR count). The summed E-state index contributed by atoms with van der Waals surface area (Å²) in [7, 11) is 0. The number of hydrogen-bond acceptors (Lipinski definition) is 2. The van der Waals surface area contributed by atoms with Crippen LogP contribution in [0.5, 0.6) is 0 Å². The van der Waals surface area contributed by atoms with Crippen LogP contribution in [0.15, 0.2) is 24.3 Å². The molecule has 0 radical (unpaired) electrons. The number of amides is 2. The van der Waals surface area contributed by atoms with Crippen LogP contribution in [0.25, 0.3) is 0 Å². The third-order valence-electron chi connectivity index (χ3n) is 3.31. The van der Waals surface area contributed by atoms with Gasteiger partial charge in [-0.1, -0.05) is 37.6 Å². The second-order valence-electron chi connectivity index (χ2n) is 4.70. The summed E-state index contributed by atoms with van der Waals surface area (Å²) < 4.78 is 0. The fraction of sp³-hybridized carbons (Fsp3) is 0.500. The second-order valence-corrected chi connectivity index (χ2v) is 4.70. The molecular weight excluding hydrogens is 228 g/mol.